The molecule has 5 rings (SSSR count). The molecule has 0 aromatic carbocycles. The van der Waals surface area contributed by atoms with Crippen LogP contribution in [0.15, 0.2) is 43.0 Å². The van der Waals surface area contributed by atoms with Gasteiger partial charge in [-0.1, -0.05) is 13.8 Å². The van der Waals surface area contributed by atoms with Crippen molar-refractivity contribution in [2.75, 3.05) is 36.0 Å². The van der Waals surface area contributed by atoms with Crippen LogP contribution >= 0.6 is 0 Å². The summed E-state index contributed by atoms with van der Waals surface area (Å²) in [4.78, 5) is 14.8. The zero-order valence-electron chi connectivity index (χ0n) is 18.5. The van der Waals surface area contributed by atoms with E-state index < -0.39 is 0 Å². The van der Waals surface area contributed by atoms with E-state index in [1.165, 1.54) is 0 Å². The Morgan fingerprint density at radius 2 is 1.45 bits per heavy atom. The Morgan fingerprint density at radius 1 is 0.839 bits per heavy atom. The van der Waals surface area contributed by atoms with Crippen LogP contribution in [0, 0.1) is 0 Å². The van der Waals surface area contributed by atoms with Crippen molar-refractivity contribution in [2.24, 2.45) is 0 Å². The zero-order valence-corrected chi connectivity index (χ0v) is 18.5. The molecule has 2 aliphatic rings. The lowest BCUT2D eigenvalue weighted by molar-refractivity contribution is 0.370. The average Bonchev–Trinajstić information content (AvgIpc) is 3.53. The number of aromatic nitrogens is 6. The van der Waals surface area contributed by atoms with Crippen LogP contribution in [0.3, 0.4) is 0 Å². The average molecular weight is 421 g/mol. The number of rotatable bonds is 5. The molecule has 0 N–H and O–H groups in total. The molecule has 0 aliphatic carbocycles. The summed E-state index contributed by atoms with van der Waals surface area (Å²) < 4.78 is 4.18. The Hall–Kier alpha value is -2.90. The molecule has 2 saturated heterocycles. The van der Waals surface area contributed by atoms with Gasteiger partial charge in [0.1, 0.15) is 5.82 Å². The highest BCUT2D eigenvalue weighted by atomic mass is 15.4. The molecule has 2 atom stereocenters. The first-order valence-corrected chi connectivity index (χ1v) is 11.5. The second-order valence-electron chi connectivity index (χ2n) is 9.06. The number of nitrogens with zero attached hydrogens (tertiary/aromatic N) is 8. The number of piperidine rings is 2. The fourth-order valence-electron chi connectivity index (χ4n) is 4.76. The summed E-state index contributed by atoms with van der Waals surface area (Å²) in [5.41, 5.74) is 1.11. The van der Waals surface area contributed by atoms with Crippen LogP contribution in [0.4, 0.5) is 11.8 Å². The Labute approximate surface area is 183 Å². The largest absolute Gasteiger partial charge is 0.354 e. The number of anilines is 2. The molecule has 2 aliphatic heterocycles. The molecule has 3 aromatic heterocycles. The van der Waals surface area contributed by atoms with Crippen LogP contribution in [0.2, 0.25) is 0 Å². The van der Waals surface area contributed by atoms with Gasteiger partial charge in [0, 0.05) is 57.0 Å². The molecular weight excluding hydrogens is 388 g/mol. The smallest absolute Gasteiger partial charge is 0.227 e. The van der Waals surface area contributed by atoms with Gasteiger partial charge in [-0.15, -0.1) is 0 Å². The van der Waals surface area contributed by atoms with Crippen molar-refractivity contribution in [3.63, 3.8) is 0 Å². The second kappa shape index (κ2) is 8.69. The van der Waals surface area contributed by atoms with E-state index >= 15 is 0 Å². The van der Waals surface area contributed by atoms with Crippen molar-refractivity contribution in [2.45, 2.75) is 57.5 Å². The van der Waals surface area contributed by atoms with Crippen LogP contribution < -0.4 is 9.80 Å². The van der Waals surface area contributed by atoms with Gasteiger partial charge in [-0.25, -0.2) is 4.98 Å². The second-order valence-corrected chi connectivity index (χ2v) is 9.06. The summed E-state index contributed by atoms with van der Waals surface area (Å²) in [5.74, 6) is 2.27. The first-order valence-electron chi connectivity index (χ1n) is 11.5. The zero-order chi connectivity index (χ0) is 21.2. The van der Waals surface area contributed by atoms with E-state index in [1.807, 2.05) is 24.5 Å². The van der Waals surface area contributed by atoms with Crippen molar-refractivity contribution in [3.05, 3.63) is 48.7 Å². The van der Waals surface area contributed by atoms with Crippen molar-refractivity contribution in [1.82, 2.24) is 29.5 Å². The fraction of sp³-hybridized carbons (Fsp3) is 0.565. The van der Waals surface area contributed by atoms with Crippen LogP contribution in [-0.2, 0) is 0 Å². The Bertz CT molecular complexity index is 893. The Balaban J connectivity index is 1.41. The molecule has 5 heterocycles. The van der Waals surface area contributed by atoms with Crippen LogP contribution in [0.5, 0.6) is 0 Å². The first kappa shape index (κ1) is 20.0. The molecule has 0 bridgehead atoms. The van der Waals surface area contributed by atoms with Gasteiger partial charge in [0.15, 0.2) is 0 Å². The van der Waals surface area contributed by atoms with Crippen LogP contribution in [0.1, 0.15) is 63.2 Å². The van der Waals surface area contributed by atoms with Crippen molar-refractivity contribution in [1.29, 1.82) is 0 Å². The van der Waals surface area contributed by atoms with E-state index in [0.717, 1.165) is 69.3 Å². The van der Waals surface area contributed by atoms with Gasteiger partial charge in [-0.3, -0.25) is 9.36 Å². The third-order valence-electron chi connectivity index (χ3n) is 6.51. The summed E-state index contributed by atoms with van der Waals surface area (Å²) in [6.07, 6.45) is 12.4. The van der Waals surface area contributed by atoms with E-state index in [0.29, 0.717) is 18.0 Å². The topological polar surface area (TPSA) is 67.9 Å². The maximum absolute atomic E-state index is 5.08. The van der Waals surface area contributed by atoms with E-state index in [2.05, 4.69) is 61.7 Å². The quantitative estimate of drug-likeness (QED) is 0.627. The highest BCUT2D eigenvalue weighted by Gasteiger charge is 2.27. The molecule has 2 fully saturated rings. The third-order valence-corrected chi connectivity index (χ3v) is 6.51. The molecule has 3 aromatic rings. The minimum atomic E-state index is 0.360. The summed E-state index contributed by atoms with van der Waals surface area (Å²) in [7, 11) is 0. The molecule has 164 valence electrons. The summed E-state index contributed by atoms with van der Waals surface area (Å²) in [6.45, 7) is 8.28. The minimum absolute atomic E-state index is 0.360. The first-order chi connectivity index (χ1) is 15.2. The lowest BCUT2D eigenvalue weighted by Crippen LogP contribution is -2.40. The standard InChI is InChI=1S/C23H32N8/c1-18(2)21-15-22(28-11-3-7-19(16-28)30-13-5-9-24-30)27-23(26-21)29-12-4-8-20(17-29)31-14-6-10-25-31/h5-6,9-10,13-15,18-20H,3-4,7-8,11-12,16-17H2,1-2H3. The Kier molecular flexibility index (Phi) is 5.61. The van der Waals surface area contributed by atoms with Gasteiger partial charge in [-0.2, -0.15) is 15.2 Å². The minimum Gasteiger partial charge on any atom is -0.354 e. The summed E-state index contributed by atoms with van der Waals surface area (Å²) in [5, 5.41) is 8.95. The lowest BCUT2D eigenvalue weighted by Gasteiger charge is -2.36. The summed E-state index contributed by atoms with van der Waals surface area (Å²) in [6, 6.07) is 6.96. The molecule has 8 nitrogen and oxygen atoms in total. The van der Waals surface area contributed by atoms with E-state index in [-0.39, 0.29) is 0 Å². The molecular formula is C23H32N8. The third kappa shape index (κ3) is 4.29. The van der Waals surface area contributed by atoms with Gasteiger partial charge in [0.2, 0.25) is 5.95 Å². The highest BCUT2D eigenvalue weighted by Crippen LogP contribution is 2.30. The molecule has 2 unspecified atom stereocenters. The maximum Gasteiger partial charge on any atom is 0.227 e. The molecule has 0 saturated carbocycles. The van der Waals surface area contributed by atoms with Gasteiger partial charge in [0.05, 0.1) is 17.8 Å². The van der Waals surface area contributed by atoms with Crippen molar-refractivity contribution in [3.8, 4) is 0 Å². The van der Waals surface area contributed by atoms with Gasteiger partial charge >= 0.3 is 0 Å². The fourth-order valence-corrected chi connectivity index (χ4v) is 4.76. The predicted octanol–water partition coefficient (Wildman–Crippen LogP) is 3.68. The molecule has 0 amide bonds. The molecule has 0 spiro atoms. The molecule has 31 heavy (non-hydrogen) atoms. The van der Waals surface area contributed by atoms with Crippen LogP contribution in [-0.4, -0.2) is 55.7 Å². The highest BCUT2D eigenvalue weighted by molar-refractivity contribution is 5.47. The van der Waals surface area contributed by atoms with E-state index in [1.54, 1.807) is 0 Å². The normalized spacial score (nSPS) is 22.3. The van der Waals surface area contributed by atoms with Crippen molar-refractivity contribution >= 4 is 11.8 Å². The molecule has 0 radical (unpaired) electrons. The van der Waals surface area contributed by atoms with E-state index in [4.69, 9.17) is 9.97 Å². The predicted molar refractivity (Wildman–Crippen MR) is 122 cm³/mol. The van der Waals surface area contributed by atoms with E-state index in [9.17, 15) is 0 Å². The van der Waals surface area contributed by atoms with Gasteiger partial charge < -0.3 is 9.80 Å². The maximum atomic E-state index is 5.08. The van der Waals surface area contributed by atoms with Gasteiger partial charge in [0.25, 0.3) is 0 Å². The van der Waals surface area contributed by atoms with Crippen molar-refractivity contribution < 1.29 is 0 Å². The molecule has 8 heteroatoms. The van der Waals surface area contributed by atoms with Crippen LogP contribution in [0.25, 0.3) is 0 Å². The SMILES string of the molecule is CC(C)c1cc(N2CCCC(n3cccn3)C2)nc(N2CCCC(n3cccn3)C2)n1. The number of hydrogen-bond donors (Lipinski definition) is 0. The number of hydrogen-bond acceptors (Lipinski definition) is 6. The monoisotopic (exact) mass is 420 g/mol. The lowest BCUT2D eigenvalue weighted by atomic mass is 10.0. The Morgan fingerprint density at radius 3 is 2.03 bits per heavy atom. The summed E-state index contributed by atoms with van der Waals surface area (Å²) >= 11 is 0. The van der Waals surface area contributed by atoms with Gasteiger partial charge in [-0.05, 0) is 43.7 Å².